The van der Waals surface area contributed by atoms with Crippen LogP contribution < -0.4 is 0 Å². The molecule has 2 nitrogen and oxygen atoms in total. The highest BCUT2D eigenvalue weighted by molar-refractivity contribution is 6.70. The zero-order valence-electron chi connectivity index (χ0n) is 16.3. The van der Waals surface area contributed by atoms with Gasteiger partial charge in [-0.1, -0.05) is 60.3 Å². The van der Waals surface area contributed by atoms with Crippen molar-refractivity contribution in [3.8, 4) is 0 Å². The third-order valence-electron chi connectivity index (χ3n) is 6.14. The summed E-state index contributed by atoms with van der Waals surface area (Å²) >= 11 is 0. The lowest BCUT2D eigenvalue weighted by Crippen LogP contribution is -2.53. The second-order valence-electron chi connectivity index (χ2n) is 8.75. The maximum Gasteiger partial charge on any atom is 0.344 e. The molecule has 3 heteroatoms. The lowest BCUT2D eigenvalue weighted by Gasteiger charge is -2.45. The van der Waals surface area contributed by atoms with Crippen molar-refractivity contribution in [3.63, 3.8) is 0 Å². The van der Waals surface area contributed by atoms with E-state index in [1.54, 1.807) is 0 Å². The van der Waals surface area contributed by atoms with E-state index in [1.165, 1.54) is 44.9 Å². The predicted molar refractivity (Wildman–Crippen MR) is 101 cm³/mol. The van der Waals surface area contributed by atoms with Gasteiger partial charge in [-0.25, -0.2) is 0 Å². The molecule has 0 N–H and O–H groups in total. The zero-order valence-corrected chi connectivity index (χ0v) is 17.3. The number of hydrogen-bond donors (Lipinski definition) is 0. The first kappa shape index (κ1) is 19.5. The average Bonchev–Trinajstić information content (AvgIpc) is 2.95. The highest BCUT2D eigenvalue weighted by Gasteiger charge is 2.55. The van der Waals surface area contributed by atoms with Crippen LogP contribution in [0.25, 0.3) is 0 Å². The van der Waals surface area contributed by atoms with Gasteiger partial charge in [-0.05, 0) is 43.4 Å². The molecule has 0 amide bonds. The van der Waals surface area contributed by atoms with Gasteiger partial charge in [0, 0.05) is 24.3 Å². The van der Waals surface area contributed by atoms with Crippen molar-refractivity contribution < 1.29 is 8.85 Å². The van der Waals surface area contributed by atoms with E-state index in [-0.39, 0.29) is 0 Å². The molecule has 2 aliphatic rings. The zero-order chi connectivity index (χ0) is 16.9. The third-order valence-corrected chi connectivity index (χ3v) is 11.0. The van der Waals surface area contributed by atoms with Crippen molar-refractivity contribution in [2.45, 2.75) is 97.1 Å². The molecule has 0 aromatic heterocycles. The van der Waals surface area contributed by atoms with Crippen LogP contribution in [0.4, 0.5) is 0 Å². The normalized spacial score (nSPS) is 34.7. The Labute approximate surface area is 146 Å². The highest BCUT2D eigenvalue weighted by Crippen LogP contribution is 2.53. The summed E-state index contributed by atoms with van der Waals surface area (Å²) in [4.78, 5) is 0. The van der Waals surface area contributed by atoms with Gasteiger partial charge in [0.25, 0.3) is 0 Å². The van der Waals surface area contributed by atoms with Crippen LogP contribution in [0.3, 0.4) is 0 Å². The molecule has 23 heavy (non-hydrogen) atoms. The van der Waals surface area contributed by atoms with Gasteiger partial charge >= 0.3 is 8.56 Å². The highest BCUT2D eigenvalue weighted by atomic mass is 28.4. The molecule has 0 radical (unpaired) electrons. The maximum atomic E-state index is 6.84. The second-order valence-corrected chi connectivity index (χ2v) is 12.3. The molecule has 3 unspecified atom stereocenters. The van der Waals surface area contributed by atoms with Gasteiger partial charge in [-0.3, -0.25) is 0 Å². The lowest BCUT2D eigenvalue weighted by molar-refractivity contribution is 0.120. The Morgan fingerprint density at radius 3 is 2.17 bits per heavy atom. The van der Waals surface area contributed by atoms with E-state index >= 15 is 0 Å². The standard InChI is InChI=1S/C20H40O2Si/c1-6-14-21-23(22-15-16(2)3,20-9-7-8-18(20)5)19-12-10-17(4)11-13-19/h16-20H,6-15H2,1-5H3. The van der Waals surface area contributed by atoms with E-state index in [1.807, 2.05) is 0 Å². The lowest BCUT2D eigenvalue weighted by atomic mass is 9.90. The van der Waals surface area contributed by atoms with Crippen molar-refractivity contribution in [3.05, 3.63) is 0 Å². The maximum absolute atomic E-state index is 6.84. The van der Waals surface area contributed by atoms with E-state index in [9.17, 15) is 0 Å². The molecule has 0 aromatic rings. The number of hydrogen-bond acceptors (Lipinski definition) is 2. The van der Waals surface area contributed by atoms with Crippen molar-refractivity contribution in [2.24, 2.45) is 17.8 Å². The van der Waals surface area contributed by atoms with E-state index in [2.05, 4.69) is 34.6 Å². The van der Waals surface area contributed by atoms with Gasteiger partial charge in [-0.15, -0.1) is 0 Å². The summed E-state index contributed by atoms with van der Waals surface area (Å²) < 4.78 is 13.6. The molecule has 2 fully saturated rings. The molecular weight excluding hydrogens is 300 g/mol. The van der Waals surface area contributed by atoms with Crippen LogP contribution in [-0.2, 0) is 8.85 Å². The molecule has 0 heterocycles. The van der Waals surface area contributed by atoms with E-state index in [4.69, 9.17) is 8.85 Å². The van der Waals surface area contributed by atoms with E-state index < -0.39 is 8.56 Å². The summed E-state index contributed by atoms with van der Waals surface area (Å²) in [5.41, 5.74) is 1.46. The second kappa shape index (κ2) is 9.01. The fraction of sp³-hybridized carbons (Fsp3) is 1.00. The fourth-order valence-corrected chi connectivity index (χ4v) is 10.2. The molecule has 2 aliphatic carbocycles. The Kier molecular flexibility index (Phi) is 7.62. The van der Waals surface area contributed by atoms with Crippen LogP contribution >= 0.6 is 0 Å². The van der Waals surface area contributed by atoms with Gasteiger partial charge in [0.2, 0.25) is 0 Å². The quantitative estimate of drug-likeness (QED) is 0.483. The summed E-state index contributed by atoms with van der Waals surface area (Å²) in [6.45, 7) is 13.5. The van der Waals surface area contributed by atoms with E-state index in [0.717, 1.165) is 42.6 Å². The topological polar surface area (TPSA) is 18.5 Å². The summed E-state index contributed by atoms with van der Waals surface area (Å²) in [6, 6.07) is 0. The number of rotatable bonds is 8. The predicted octanol–water partition coefficient (Wildman–Crippen LogP) is 6.30. The van der Waals surface area contributed by atoms with Crippen LogP contribution in [0.2, 0.25) is 11.1 Å². The third kappa shape index (κ3) is 4.82. The monoisotopic (exact) mass is 340 g/mol. The minimum absolute atomic E-state index is 0.603. The Bertz CT molecular complexity index is 339. The molecule has 136 valence electrons. The molecule has 2 rings (SSSR count). The molecule has 0 aliphatic heterocycles. The van der Waals surface area contributed by atoms with Gasteiger partial charge < -0.3 is 8.85 Å². The molecule has 0 spiro atoms. The minimum atomic E-state index is -2.14. The Morgan fingerprint density at radius 2 is 1.65 bits per heavy atom. The van der Waals surface area contributed by atoms with Gasteiger partial charge in [0.15, 0.2) is 0 Å². The smallest absolute Gasteiger partial charge is 0.344 e. The summed E-state index contributed by atoms with van der Waals surface area (Å²) in [6.07, 6.45) is 10.7. The van der Waals surface area contributed by atoms with Crippen molar-refractivity contribution in [1.29, 1.82) is 0 Å². The Morgan fingerprint density at radius 1 is 0.957 bits per heavy atom. The summed E-state index contributed by atoms with van der Waals surface area (Å²) in [5, 5.41) is 0. The van der Waals surface area contributed by atoms with E-state index in [0.29, 0.717) is 5.92 Å². The molecule has 3 atom stereocenters. The largest absolute Gasteiger partial charge is 0.394 e. The molecule has 2 saturated carbocycles. The fourth-order valence-electron chi connectivity index (χ4n) is 4.76. The first-order valence-corrected chi connectivity index (χ1v) is 12.2. The molecule has 0 saturated heterocycles. The summed E-state index contributed by atoms with van der Waals surface area (Å²) in [7, 11) is -2.14. The average molecular weight is 341 g/mol. The molecular formula is C20H40O2Si. The Balaban J connectivity index is 2.23. The van der Waals surface area contributed by atoms with Gasteiger partial charge in [-0.2, -0.15) is 0 Å². The van der Waals surface area contributed by atoms with Crippen molar-refractivity contribution in [2.75, 3.05) is 13.2 Å². The van der Waals surface area contributed by atoms with Crippen LogP contribution in [-0.4, -0.2) is 21.8 Å². The Hall–Kier alpha value is 0.137. The minimum Gasteiger partial charge on any atom is -0.394 e. The molecule has 0 aromatic carbocycles. The van der Waals surface area contributed by atoms with Crippen LogP contribution in [0, 0.1) is 17.8 Å². The van der Waals surface area contributed by atoms with Crippen LogP contribution in [0.1, 0.15) is 86.0 Å². The van der Waals surface area contributed by atoms with Crippen LogP contribution in [0.5, 0.6) is 0 Å². The van der Waals surface area contributed by atoms with Gasteiger partial charge in [0.1, 0.15) is 0 Å². The van der Waals surface area contributed by atoms with Crippen molar-refractivity contribution >= 4 is 8.56 Å². The van der Waals surface area contributed by atoms with Crippen molar-refractivity contribution in [1.82, 2.24) is 0 Å². The summed E-state index contributed by atoms with van der Waals surface area (Å²) in [5.74, 6) is 2.30. The first-order valence-electron chi connectivity index (χ1n) is 10.3. The first-order chi connectivity index (χ1) is 11.0. The SMILES string of the molecule is CCCO[Si](OCC(C)C)(C1CCC(C)CC1)C1CCCC1C. The molecule has 0 bridgehead atoms. The van der Waals surface area contributed by atoms with Crippen LogP contribution in [0.15, 0.2) is 0 Å². The van der Waals surface area contributed by atoms with Gasteiger partial charge in [0.05, 0.1) is 0 Å².